The molecular weight excluding hydrogens is 309 g/mol. The van der Waals surface area contributed by atoms with Crippen LogP contribution < -0.4 is 0 Å². The molecule has 0 radical (unpaired) electrons. The van der Waals surface area contributed by atoms with E-state index in [1.165, 1.54) is 0 Å². The number of hydrogen-bond acceptors (Lipinski definition) is 3. The van der Waals surface area contributed by atoms with Crippen LogP contribution in [0.5, 0.6) is 0 Å². The molecule has 0 fully saturated rings. The van der Waals surface area contributed by atoms with Crippen molar-refractivity contribution in [3.05, 3.63) is 29.0 Å². The molecule has 0 aliphatic carbocycles. The molecule has 0 spiro atoms. The van der Waals surface area contributed by atoms with Crippen LogP contribution in [0.2, 0.25) is 5.02 Å². The minimum absolute atomic E-state index is 0.556. The number of fused-ring (bicyclic) bond motifs is 1. The number of nitrogens with zero attached hydrogens (tertiary/aromatic N) is 3. The van der Waals surface area contributed by atoms with Gasteiger partial charge >= 0.3 is 0 Å². The largest absolute Gasteiger partial charge is 0.383 e. The zero-order valence-electron chi connectivity index (χ0n) is 12.5. The first-order valence-corrected chi connectivity index (χ1v) is 7.95. The Balaban J connectivity index is 2.20. The Morgan fingerprint density at radius 1 is 1.33 bits per heavy atom. The third kappa shape index (κ3) is 4.10. The van der Waals surface area contributed by atoms with Crippen molar-refractivity contribution < 1.29 is 4.74 Å². The molecule has 21 heavy (non-hydrogen) atoms. The van der Waals surface area contributed by atoms with E-state index < -0.39 is 0 Å². The summed E-state index contributed by atoms with van der Waals surface area (Å²) in [7, 11) is 3.81. The number of aromatic nitrogens is 2. The molecule has 6 heteroatoms. The number of alkyl halides is 1. The van der Waals surface area contributed by atoms with Crippen molar-refractivity contribution in [3.63, 3.8) is 0 Å². The fourth-order valence-electron chi connectivity index (χ4n) is 2.32. The molecule has 0 aliphatic rings. The standard InChI is InChI=1S/C15H21Cl2N3O/c1-19(10-11-21-2)8-9-20-13-5-3-4-12(17)15(13)18-14(20)6-7-16/h3-5H,6-11H2,1-2H3. The maximum Gasteiger partial charge on any atom is 0.111 e. The van der Waals surface area contributed by atoms with Gasteiger partial charge in [-0.15, -0.1) is 11.6 Å². The first kappa shape index (κ1) is 16.6. The number of para-hydroxylation sites is 1. The lowest BCUT2D eigenvalue weighted by Gasteiger charge is -2.17. The van der Waals surface area contributed by atoms with E-state index in [4.69, 9.17) is 27.9 Å². The van der Waals surface area contributed by atoms with E-state index in [0.29, 0.717) is 10.9 Å². The maximum atomic E-state index is 6.24. The highest BCUT2D eigenvalue weighted by Crippen LogP contribution is 2.24. The van der Waals surface area contributed by atoms with Crippen LogP contribution in [0.25, 0.3) is 11.0 Å². The van der Waals surface area contributed by atoms with E-state index in [2.05, 4.69) is 27.6 Å². The Morgan fingerprint density at radius 3 is 2.86 bits per heavy atom. The number of ether oxygens (including phenoxy) is 1. The summed E-state index contributed by atoms with van der Waals surface area (Å²) in [6.07, 6.45) is 0.744. The number of aryl methyl sites for hydroxylation is 1. The molecule has 0 aliphatic heterocycles. The summed E-state index contributed by atoms with van der Waals surface area (Å²) in [5.41, 5.74) is 1.93. The molecule has 0 unspecified atom stereocenters. The molecule has 1 heterocycles. The van der Waals surface area contributed by atoms with Gasteiger partial charge in [0, 0.05) is 39.0 Å². The van der Waals surface area contributed by atoms with Gasteiger partial charge in [-0.3, -0.25) is 0 Å². The second-order valence-electron chi connectivity index (χ2n) is 5.02. The van der Waals surface area contributed by atoms with Gasteiger partial charge in [0.05, 0.1) is 17.1 Å². The van der Waals surface area contributed by atoms with Crippen molar-refractivity contribution in [1.82, 2.24) is 14.5 Å². The summed E-state index contributed by atoms with van der Waals surface area (Å²) in [5, 5.41) is 0.690. The summed E-state index contributed by atoms with van der Waals surface area (Å²) in [6.45, 7) is 3.44. The van der Waals surface area contributed by atoms with Crippen LogP contribution >= 0.6 is 23.2 Å². The van der Waals surface area contributed by atoms with Crippen molar-refractivity contribution in [3.8, 4) is 0 Å². The fraction of sp³-hybridized carbons (Fsp3) is 0.533. The Bertz CT molecular complexity index is 586. The quantitative estimate of drug-likeness (QED) is 0.697. The van der Waals surface area contributed by atoms with Gasteiger partial charge < -0.3 is 14.2 Å². The molecule has 1 aromatic carbocycles. The van der Waals surface area contributed by atoms with E-state index in [0.717, 1.165) is 49.5 Å². The predicted molar refractivity (Wildman–Crippen MR) is 88.5 cm³/mol. The molecule has 4 nitrogen and oxygen atoms in total. The van der Waals surface area contributed by atoms with Gasteiger partial charge in [-0.05, 0) is 19.2 Å². The third-order valence-electron chi connectivity index (χ3n) is 3.51. The van der Waals surface area contributed by atoms with Gasteiger partial charge in [0.2, 0.25) is 0 Å². The summed E-state index contributed by atoms with van der Waals surface area (Å²) in [5.74, 6) is 1.55. The second-order valence-corrected chi connectivity index (χ2v) is 5.81. The summed E-state index contributed by atoms with van der Waals surface area (Å²) < 4.78 is 7.32. The third-order valence-corrected chi connectivity index (χ3v) is 4.00. The van der Waals surface area contributed by atoms with E-state index >= 15 is 0 Å². The summed E-state index contributed by atoms with van der Waals surface area (Å²) in [4.78, 5) is 6.89. The highest BCUT2D eigenvalue weighted by atomic mass is 35.5. The molecule has 0 atom stereocenters. The van der Waals surface area contributed by atoms with E-state index in [9.17, 15) is 0 Å². The van der Waals surface area contributed by atoms with Crippen LogP contribution in [0.3, 0.4) is 0 Å². The molecule has 0 N–H and O–H groups in total. The first-order valence-electron chi connectivity index (χ1n) is 7.04. The van der Waals surface area contributed by atoms with Gasteiger partial charge in [-0.2, -0.15) is 0 Å². The van der Waals surface area contributed by atoms with Gasteiger partial charge in [0.15, 0.2) is 0 Å². The minimum atomic E-state index is 0.556. The lowest BCUT2D eigenvalue weighted by Crippen LogP contribution is -2.27. The van der Waals surface area contributed by atoms with Crippen molar-refractivity contribution >= 4 is 34.2 Å². The van der Waals surface area contributed by atoms with Gasteiger partial charge in [0.1, 0.15) is 11.3 Å². The average Bonchev–Trinajstić information content (AvgIpc) is 2.82. The molecule has 0 saturated carbocycles. The molecule has 0 amide bonds. The molecule has 0 saturated heterocycles. The Hall–Kier alpha value is -0.810. The van der Waals surface area contributed by atoms with Crippen LogP contribution in [0, 0.1) is 0 Å². The van der Waals surface area contributed by atoms with Crippen LogP contribution in [0.4, 0.5) is 0 Å². The van der Waals surface area contributed by atoms with E-state index in [1.807, 2.05) is 12.1 Å². The number of halogens is 2. The molecular formula is C15H21Cl2N3O. The number of benzene rings is 1. The number of likely N-dealkylation sites (N-methyl/N-ethyl adjacent to an activating group) is 1. The zero-order chi connectivity index (χ0) is 15.2. The number of methoxy groups -OCH3 is 1. The van der Waals surface area contributed by atoms with E-state index in [-0.39, 0.29) is 0 Å². The predicted octanol–water partition coefficient (Wildman–Crippen LogP) is 3.05. The number of hydrogen-bond donors (Lipinski definition) is 0. The second kappa shape index (κ2) is 7.99. The smallest absolute Gasteiger partial charge is 0.111 e. The molecule has 0 bridgehead atoms. The van der Waals surface area contributed by atoms with Gasteiger partial charge in [-0.1, -0.05) is 17.7 Å². The molecule has 116 valence electrons. The Morgan fingerprint density at radius 2 is 2.14 bits per heavy atom. The van der Waals surface area contributed by atoms with Crippen LogP contribution in [0.1, 0.15) is 5.82 Å². The minimum Gasteiger partial charge on any atom is -0.383 e. The van der Waals surface area contributed by atoms with Gasteiger partial charge in [0.25, 0.3) is 0 Å². The SMILES string of the molecule is COCCN(C)CCn1c(CCCl)nc2c(Cl)cccc21. The van der Waals surface area contributed by atoms with Crippen LogP contribution in [-0.2, 0) is 17.7 Å². The monoisotopic (exact) mass is 329 g/mol. The van der Waals surface area contributed by atoms with E-state index in [1.54, 1.807) is 7.11 Å². The fourth-order valence-corrected chi connectivity index (χ4v) is 2.70. The highest BCUT2D eigenvalue weighted by Gasteiger charge is 2.12. The zero-order valence-corrected chi connectivity index (χ0v) is 14.0. The van der Waals surface area contributed by atoms with Crippen molar-refractivity contribution in [1.29, 1.82) is 0 Å². The number of rotatable bonds is 8. The Kier molecular flexibility index (Phi) is 6.30. The summed E-state index contributed by atoms with van der Waals surface area (Å²) >= 11 is 12.1. The molecule has 2 rings (SSSR count). The molecule has 2 aromatic rings. The van der Waals surface area contributed by atoms with Crippen molar-refractivity contribution in [2.75, 3.05) is 39.7 Å². The first-order chi connectivity index (χ1) is 10.2. The van der Waals surface area contributed by atoms with Crippen molar-refractivity contribution in [2.24, 2.45) is 0 Å². The van der Waals surface area contributed by atoms with Gasteiger partial charge in [-0.25, -0.2) is 4.98 Å². The van der Waals surface area contributed by atoms with Crippen LogP contribution in [-0.4, -0.2) is 54.2 Å². The topological polar surface area (TPSA) is 30.3 Å². The van der Waals surface area contributed by atoms with Crippen molar-refractivity contribution in [2.45, 2.75) is 13.0 Å². The van der Waals surface area contributed by atoms with Crippen LogP contribution in [0.15, 0.2) is 18.2 Å². The number of imidazole rings is 1. The lowest BCUT2D eigenvalue weighted by molar-refractivity contribution is 0.159. The molecule has 1 aromatic heterocycles. The Labute approximate surface area is 135 Å². The highest BCUT2D eigenvalue weighted by molar-refractivity contribution is 6.34. The normalized spacial score (nSPS) is 11.7. The maximum absolute atomic E-state index is 6.24. The average molecular weight is 330 g/mol. The lowest BCUT2D eigenvalue weighted by atomic mass is 10.3. The summed E-state index contributed by atoms with van der Waals surface area (Å²) in [6, 6.07) is 5.89.